The summed E-state index contributed by atoms with van der Waals surface area (Å²) in [6, 6.07) is 3.58. The topological polar surface area (TPSA) is 229 Å². The average molecular weight is 1050 g/mol. The standard InChI is InChI=1S/C55H82N6O14/c1-35(62)38-6-10-40(11-7-38)52(66)70-34-50(64)72-46-18-14-42(15-19-46)54(68)74-48-30-45(33-57-61-28-24-59(5)25-29-61)49(31-44(48)32-56-60-26-22-58(4)23-27-60)75-55(69)43-16-20-47(21-17-43)73-51(65)37(3)71-53(67)41-12-8-39(9-13-41)36(2)63/h30-31,37-43,46-47,56-57H,6-29,32-34H2,1-5H3. The Hall–Kier alpha value is -4.86. The van der Waals surface area contributed by atoms with Gasteiger partial charge in [0.15, 0.2) is 12.7 Å². The molecule has 75 heavy (non-hydrogen) atoms. The van der Waals surface area contributed by atoms with E-state index < -0.39 is 72.6 Å². The second-order valence-electron chi connectivity index (χ2n) is 22.0. The second kappa shape index (κ2) is 28.0. The van der Waals surface area contributed by atoms with Crippen molar-refractivity contribution in [1.29, 1.82) is 0 Å². The zero-order valence-corrected chi connectivity index (χ0v) is 44.9. The zero-order chi connectivity index (χ0) is 53.6. The fourth-order valence-corrected chi connectivity index (χ4v) is 11.2. The Balaban J connectivity index is 0.956. The number of carbonyl (C=O) groups excluding carboxylic acids is 8. The molecular formula is C55H82N6O14. The molecule has 2 saturated heterocycles. The Labute approximate surface area is 441 Å². The number of hydrazine groups is 2. The number of piperazine rings is 2. The normalized spacial score (nSPS) is 27.7. The molecule has 2 heterocycles. The lowest BCUT2D eigenvalue weighted by Crippen LogP contribution is -2.50. The SMILES string of the molecule is CC(=O)C1CCC(C(=O)OCC(=O)OC2CCC(C(=O)Oc3cc(CNN4CCN(C)CC4)c(OC(=O)C4CCC(OC(=O)C(C)OC(=O)C5CCC(C(C)=O)CC5)CC4)cc3CNN3CCN(C)CC3)CC2)CC1. The molecule has 2 aliphatic heterocycles. The second-order valence-corrected chi connectivity index (χ2v) is 22.0. The van der Waals surface area contributed by atoms with E-state index in [0.717, 1.165) is 52.4 Å². The first-order chi connectivity index (χ1) is 36.0. The van der Waals surface area contributed by atoms with Crippen molar-refractivity contribution < 1.29 is 66.8 Å². The van der Waals surface area contributed by atoms with Gasteiger partial charge < -0.3 is 38.2 Å². The highest BCUT2D eigenvalue weighted by Gasteiger charge is 2.36. The van der Waals surface area contributed by atoms with Crippen molar-refractivity contribution in [3.8, 4) is 11.5 Å². The fourth-order valence-electron chi connectivity index (χ4n) is 11.2. The molecule has 20 nitrogen and oxygen atoms in total. The summed E-state index contributed by atoms with van der Waals surface area (Å²) in [5.41, 5.74) is 8.27. The molecule has 7 rings (SSSR count). The van der Waals surface area contributed by atoms with Gasteiger partial charge in [0.25, 0.3) is 0 Å². The maximum absolute atomic E-state index is 14.1. The van der Waals surface area contributed by atoms with Crippen LogP contribution in [0, 0.1) is 35.5 Å². The van der Waals surface area contributed by atoms with Crippen molar-refractivity contribution in [3.63, 3.8) is 0 Å². The maximum atomic E-state index is 14.1. The predicted molar refractivity (Wildman–Crippen MR) is 272 cm³/mol. The Morgan fingerprint density at radius 3 is 1.27 bits per heavy atom. The third-order valence-corrected chi connectivity index (χ3v) is 16.5. The van der Waals surface area contributed by atoms with Crippen LogP contribution < -0.4 is 20.3 Å². The predicted octanol–water partition coefficient (Wildman–Crippen LogP) is 4.47. The van der Waals surface area contributed by atoms with Crippen LogP contribution in [0.2, 0.25) is 0 Å². The first kappa shape index (κ1) is 57.8. The highest BCUT2D eigenvalue weighted by atomic mass is 16.6. The van der Waals surface area contributed by atoms with Crippen molar-refractivity contribution in [3.05, 3.63) is 23.3 Å². The first-order valence-corrected chi connectivity index (χ1v) is 27.7. The van der Waals surface area contributed by atoms with Crippen LogP contribution in [0.15, 0.2) is 12.1 Å². The van der Waals surface area contributed by atoms with Gasteiger partial charge in [0.1, 0.15) is 35.3 Å². The fraction of sp³-hybridized carbons (Fsp3) is 0.745. The molecule has 0 spiro atoms. The average Bonchev–Trinajstić information content (AvgIpc) is 3.40. The summed E-state index contributed by atoms with van der Waals surface area (Å²) in [6.45, 7) is 11.4. The first-order valence-electron chi connectivity index (χ1n) is 27.7. The lowest BCUT2D eigenvalue weighted by molar-refractivity contribution is -0.174. The minimum atomic E-state index is -1.08. The van der Waals surface area contributed by atoms with Crippen LogP contribution in [-0.2, 0) is 70.4 Å². The van der Waals surface area contributed by atoms with Crippen LogP contribution in [0.4, 0.5) is 0 Å². The van der Waals surface area contributed by atoms with Crippen molar-refractivity contribution in [2.75, 3.05) is 73.1 Å². The highest BCUT2D eigenvalue weighted by molar-refractivity contribution is 5.82. The van der Waals surface area contributed by atoms with E-state index >= 15 is 0 Å². The summed E-state index contributed by atoms with van der Waals surface area (Å²) < 4.78 is 34.8. The Morgan fingerprint density at radius 1 is 0.493 bits per heavy atom. The largest absolute Gasteiger partial charge is 0.460 e. The van der Waals surface area contributed by atoms with Gasteiger partial charge in [-0.2, -0.15) is 0 Å². The molecule has 1 aromatic carbocycles. The van der Waals surface area contributed by atoms with Crippen molar-refractivity contribution in [2.24, 2.45) is 35.5 Å². The molecule has 4 aliphatic carbocycles. The molecular weight excluding hydrogens is 969 g/mol. The third-order valence-electron chi connectivity index (χ3n) is 16.5. The Bertz CT molecular complexity index is 2150. The smallest absolute Gasteiger partial charge is 0.347 e. The number of nitrogens with zero attached hydrogens (tertiary/aromatic N) is 4. The maximum Gasteiger partial charge on any atom is 0.347 e. The number of carbonyl (C=O) groups is 8. The van der Waals surface area contributed by atoms with Gasteiger partial charge in [-0.15, -0.1) is 0 Å². The van der Waals surface area contributed by atoms with Gasteiger partial charge in [0.05, 0.1) is 23.7 Å². The molecule has 1 aromatic rings. The number of benzene rings is 1. The molecule has 0 bridgehead atoms. The molecule has 6 fully saturated rings. The molecule has 0 radical (unpaired) electrons. The molecule has 416 valence electrons. The summed E-state index contributed by atoms with van der Waals surface area (Å²) >= 11 is 0. The Kier molecular flexibility index (Phi) is 21.6. The summed E-state index contributed by atoms with van der Waals surface area (Å²) in [6.07, 6.45) is 6.22. The van der Waals surface area contributed by atoms with Crippen molar-refractivity contribution >= 4 is 47.4 Å². The number of ketones is 2. The molecule has 2 N–H and O–H groups in total. The van der Waals surface area contributed by atoms with Gasteiger partial charge >= 0.3 is 35.8 Å². The molecule has 4 saturated carbocycles. The molecule has 0 amide bonds. The van der Waals surface area contributed by atoms with Gasteiger partial charge in [0.2, 0.25) is 0 Å². The summed E-state index contributed by atoms with van der Waals surface area (Å²) in [5, 5.41) is 4.26. The van der Waals surface area contributed by atoms with Gasteiger partial charge in [0, 0.05) is 88.4 Å². The van der Waals surface area contributed by atoms with Crippen LogP contribution >= 0.6 is 0 Å². The quantitative estimate of drug-likeness (QED) is 0.104. The summed E-state index contributed by atoms with van der Waals surface area (Å²) in [4.78, 5) is 107. The van der Waals surface area contributed by atoms with Crippen molar-refractivity contribution in [2.45, 2.75) is 155 Å². The van der Waals surface area contributed by atoms with Crippen molar-refractivity contribution in [1.82, 2.24) is 30.7 Å². The summed E-state index contributed by atoms with van der Waals surface area (Å²) in [7, 11) is 4.16. The summed E-state index contributed by atoms with van der Waals surface area (Å²) in [5.74, 6) is -3.66. The van der Waals surface area contributed by atoms with Gasteiger partial charge in [-0.05, 0) is 150 Å². The van der Waals surface area contributed by atoms with Gasteiger partial charge in [-0.3, -0.25) is 39.6 Å². The van der Waals surface area contributed by atoms with E-state index in [-0.39, 0.29) is 35.2 Å². The van der Waals surface area contributed by atoms with Crippen LogP contribution in [0.3, 0.4) is 0 Å². The van der Waals surface area contributed by atoms with E-state index in [1.807, 2.05) is 0 Å². The molecule has 6 aliphatic rings. The van der Waals surface area contributed by atoms with Gasteiger partial charge in [-0.25, -0.2) is 19.6 Å². The molecule has 1 unspecified atom stereocenters. The number of esters is 6. The molecule has 1 atom stereocenters. The highest BCUT2D eigenvalue weighted by Crippen LogP contribution is 2.36. The van der Waals surface area contributed by atoms with E-state index in [9.17, 15) is 38.4 Å². The van der Waals surface area contributed by atoms with Crippen LogP contribution in [-0.4, -0.2) is 159 Å². The lowest BCUT2D eigenvalue weighted by Gasteiger charge is -2.33. The van der Waals surface area contributed by atoms with E-state index in [2.05, 4.69) is 44.8 Å². The van der Waals surface area contributed by atoms with E-state index in [1.165, 1.54) is 6.92 Å². The van der Waals surface area contributed by atoms with Crippen LogP contribution in [0.5, 0.6) is 11.5 Å². The Morgan fingerprint density at radius 2 is 0.853 bits per heavy atom. The number of hydrogen-bond donors (Lipinski definition) is 2. The lowest BCUT2D eigenvalue weighted by atomic mass is 9.80. The number of ether oxygens (including phenoxy) is 6. The number of nitrogens with one attached hydrogen (secondary N) is 2. The zero-order valence-electron chi connectivity index (χ0n) is 44.9. The van der Waals surface area contributed by atoms with E-state index in [4.69, 9.17) is 28.4 Å². The minimum Gasteiger partial charge on any atom is -0.460 e. The number of hydrogen-bond acceptors (Lipinski definition) is 20. The number of rotatable bonds is 20. The van der Waals surface area contributed by atoms with Gasteiger partial charge in [-0.1, -0.05) is 0 Å². The van der Waals surface area contributed by atoms with E-state index in [1.54, 1.807) is 26.0 Å². The number of Topliss-reactive ketones (excluding diaryl/α,β-unsaturated/α-hetero) is 2. The minimum absolute atomic E-state index is 0.0238. The van der Waals surface area contributed by atoms with Crippen LogP contribution in [0.25, 0.3) is 0 Å². The van der Waals surface area contributed by atoms with E-state index in [0.29, 0.717) is 138 Å². The number of likely N-dealkylation sites (N-methyl/N-ethyl adjacent to an activating group) is 2. The third kappa shape index (κ3) is 17.3. The molecule has 20 heteroatoms. The molecule has 0 aromatic heterocycles. The van der Waals surface area contributed by atoms with Crippen LogP contribution in [0.1, 0.15) is 135 Å². The monoisotopic (exact) mass is 1050 g/mol.